The Labute approximate surface area is 144 Å². The van der Waals surface area contributed by atoms with Crippen LogP contribution in [0.2, 0.25) is 0 Å². The lowest BCUT2D eigenvalue weighted by Crippen LogP contribution is -2.19. The van der Waals surface area contributed by atoms with E-state index in [-0.39, 0.29) is 22.5 Å². The van der Waals surface area contributed by atoms with Crippen LogP contribution in [0, 0.1) is 0 Å². The van der Waals surface area contributed by atoms with E-state index < -0.39 is 17.3 Å². The second-order valence-electron chi connectivity index (χ2n) is 4.44. The molecule has 0 bridgehead atoms. The van der Waals surface area contributed by atoms with E-state index in [2.05, 4.69) is 30.8 Å². The van der Waals surface area contributed by atoms with Gasteiger partial charge in [0.1, 0.15) is 5.01 Å². The molecule has 0 fully saturated rings. The average Bonchev–Trinajstić information content (AvgIpc) is 2.96. The van der Waals surface area contributed by atoms with E-state index in [1.54, 1.807) is 0 Å². The monoisotopic (exact) mass is 370 g/mol. The standard InChI is InChI=1S/C12H14N6O4S2/c1-3-7-17-18-12(24-7)14-6(20)4-23-11-15-9(21)8(10(22)16-11)13-5(2)19/h3-4H2,1-2H3,(H,13,19)(H,14,18,20)(H2,15,16,21,22). The van der Waals surface area contributed by atoms with Crippen molar-refractivity contribution >= 4 is 45.7 Å². The Hall–Kier alpha value is -2.47. The Bertz CT molecular complexity index is 818. The van der Waals surface area contributed by atoms with Gasteiger partial charge >= 0.3 is 0 Å². The number of aryl methyl sites for hydroxylation is 1. The number of amides is 2. The highest BCUT2D eigenvalue weighted by molar-refractivity contribution is 7.99. The molecule has 0 atom stereocenters. The number of aromatic amines is 1. The third-order valence-corrected chi connectivity index (χ3v) is 4.39. The zero-order valence-corrected chi connectivity index (χ0v) is 14.4. The smallest absolute Gasteiger partial charge is 0.279 e. The van der Waals surface area contributed by atoms with E-state index in [0.29, 0.717) is 5.13 Å². The third kappa shape index (κ3) is 4.76. The molecule has 0 aliphatic heterocycles. The van der Waals surface area contributed by atoms with Crippen molar-refractivity contribution in [1.82, 2.24) is 20.2 Å². The summed E-state index contributed by atoms with van der Waals surface area (Å²) >= 11 is 2.20. The first-order chi connectivity index (χ1) is 11.4. The summed E-state index contributed by atoms with van der Waals surface area (Å²) in [7, 11) is 0. The Morgan fingerprint density at radius 2 is 2.08 bits per heavy atom. The number of H-pyrrole nitrogens is 1. The summed E-state index contributed by atoms with van der Waals surface area (Å²) in [6, 6.07) is 0. The molecule has 2 heterocycles. The van der Waals surface area contributed by atoms with E-state index in [0.717, 1.165) is 23.2 Å². The van der Waals surface area contributed by atoms with Gasteiger partial charge in [0.2, 0.25) is 22.8 Å². The number of nitrogens with zero attached hydrogens (tertiary/aromatic N) is 3. The minimum Gasteiger partial charge on any atom is -0.492 e. The third-order valence-electron chi connectivity index (χ3n) is 2.54. The number of aromatic nitrogens is 4. The molecule has 24 heavy (non-hydrogen) atoms. The molecule has 0 spiro atoms. The van der Waals surface area contributed by atoms with Crippen molar-refractivity contribution in [3.63, 3.8) is 0 Å². The first-order valence-corrected chi connectivity index (χ1v) is 8.55. The highest BCUT2D eigenvalue weighted by Crippen LogP contribution is 2.20. The number of nitrogens with one attached hydrogen (secondary N) is 3. The number of thioether (sulfide) groups is 1. The molecule has 0 unspecified atom stereocenters. The number of carbonyl (C=O) groups excluding carboxylic acids is 2. The molecular formula is C12H14N6O4S2. The summed E-state index contributed by atoms with van der Waals surface area (Å²) < 4.78 is 0. The zero-order chi connectivity index (χ0) is 17.7. The molecule has 0 aliphatic carbocycles. The molecule has 0 aliphatic rings. The minimum atomic E-state index is -0.711. The number of rotatable bonds is 6. The SMILES string of the molecule is CCc1nnc(NC(=O)CSc2nc(O)c(NC(C)=O)c(=O)[nH]2)s1. The van der Waals surface area contributed by atoms with E-state index in [9.17, 15) is 19.5 Å². The van der Waals surface area contributed by atoms with Gasteiger partial charge < -0.3 is 10.4 Å². The van der Waals surface area contributed by atoms with Crippen LogP contribution in [0.15, 0.2) is 9.95 Å². The Balaban J connectivity index is 1.97. The van der Waals surface area contributed by atoms with Crippen LogP contribution < -0.4 is 16.2 Å². The molecule has 0 saturated carbocycles. The Morgan fingerprint density at radius 3 is 2.67 bits per heavy atom. The largest absolute Gasteiger partial charge is 0.492 e. The van der Waals surface area contributed by atoms with Crippen LogP contribution in [0.1, 0.15) is 18.9 Å². The summed E-state index contributed by atoms with van der Waals surface area (Å²) in [6.45, 7) is 3.13. The lowest BCUT2D eigenvalue weighted by atomic mass is 10.5. The number of anilines is 2. The summed E-state index contributed by atoms with van der Waals surface area (Å²) in [5.41, 5.74) is -1.05. The van der Waals surface area contributed by atoms with Gasteiger partial charge in [-0.3, -0.25) is 24.7 Å². The first-order valence-electron chi connectivity index (χ1n) is 6.75. The normalized spacial score (nSPS) is 10.4. The first kappa shape index (κ1) is 17.9. The van der Waals surface area contributed by atoms with Crippen molar-refractivity contribution in [1.29, 1.82) is 0 Å². The number of hydrogen-bond donors (Lipinski definition) is 4. The predicted molar refractivity (Wildman–Crippen MR) is 89.5 cm³/mol. The predicted octanol–water partition coefficient (Wildman–Crippen LogP) is 0.579. The van der Waals surface area contributed by atoms with Crippen molar-refractivity contribution in [2.75, 3.05) is 16.4 Å². The van der Waals surface area contributed by atoms with Gasteiger partial charge in [0.15, 0.2) is 10.8 Å². The molecule has 2 rings (SSSR count). The number of hydrogen-bond acceptors (Lipinski definition) is 9. The van der Waals surface area contributed by atoms with Crippen LogP contribution in [0.3, 0.4) is 0 Å². The molecule has 2 aromatic rings. The maximum atomic E-state index is 11.8. The summed E-state index contributed by atoms with van der Waals surface area (Å²) in [6.07, 6.45) is 0.730. The molecule has 0 saturated heterocycles. The van der Waals surface area contributed by atoms with E-state index in [4.69, 9.17) is 0 Å². The average molecular weight is 370 g/mol. The fourth-order valence-corrected chi connectivity index (χ4v) is 2.89. The van der Waals surface area contributed by atoms with Crippen LogP contribution >= 0.6 is 23.1 Å². The van der Waals surface area contributed by atoms with Gasteiger partial charge in [0.25, 0.3) is 5.56 Å². The molecule has 0 radical (unpaired) electrons. The Morgan fingerprint density at radius 1 is 1.33 bits per heavy atom. The van der Waals surface area contributed by atoms with Gasteiger partial charge in [-0.1, -0.05) is 30.0 Å². The maximum absolute atomic E-state index is 11.8. The summed E-state index contributed by atoms with van der Waals surface area (Å²) in [5.74, 6) is -1.54. The van der Waals surface area contributed by atoms with Crippen LogP contribution in [0.25, 0.3) is 0 Å². The molecule has 128 valence electrons. The molecule has 0 aromatic carbocycles. The van der Waals surface area contributed by atoms with Crippen LogP contribution in [0.5, 0.6) is 5.88 Å². The van der Waals surface area contributed by atoms with E-state index in [1.165, 1.54) is 18.3 Å². The van der Waals surface area contributed by atoms with Crippen molar-refractivity contribution in [2.45, 2.75) is 25.4 Å². The summed E-state index contributed by atoms with van der Waals surface area (Å²) in [4.78, 5) is 40.6. The fourth-order valence-electron chi connectivity index (χ4n) is 1.53. The second kappa shape index (κ2) is 7.88. The van der Waals surface area contributed by atoms with Crippen LogP contribution in [0.4, 0.5) is 10.8 Å². The highest BCUT2D eigenvalue weighted by Gasteiger charge is 2.14. The van der Waals surface area contributed by atoms with Gasteiger partial charge in [-0.05, 0) is 6.42 Å². The molecule has 2 aromatic heterocycles. The molecule has 12 heteroatoms. The van der Waals surface area contributed by atoms with Crippen molar-refractivity contribution in [3.05, 3.63) is 15.4 Å². The number of aromatic hydroxyl groups is 1. The van der Waals surface area contributed by atoms with Gasteiger partial charge in [0.05, 0.1) is 5.75 Å². The van der Waals surface area contributed by atoms with Crippen molar-refractivity contribution < 1.29 is 14.7 Å². The second-order valence-corrected chi connectivity index (χ2v) is 6.47. The fraction of sp³-hybridized carbons (Fsp3) is 0.333. The van der Waals surface area contributed by atoms with E-state index in [1.807, 2.05) is 6.92 Å². The van der Waals surface area contributed by atoms with Crippen LogP contribution in [-0.4, -0.2) is 42.8 Å². The minimum absolute atomic E-state index is 0.0493. The van der Waals surface area contributed by atoms with Gasteiger partial charge in [-0.15, -0.1) is 10.2 Å². The quantitative estimate of drug-likeness (QED) is 0.426. The Kier molecular flexibility index (Phi) is 5.87. The van der Waals surface area contributed by atoms with Gasteiger partial charge in [-0.2, -0.15) is 4.98 Å². The lowest BCUT2D eigenvalue weighted by molar-refractivity contribution is -0.114. The van der Waals surface area contributed by atoms with E-state index >= 15 is 0 Å². The van der Waals surface area contributed by atoms with Crippen molar-refractivity contribution in [2.24, 2.45) is 0 Å². The maximum Gasteiger partial charge on any atom is 0.279 e. The topological polar surface area (TPSA) is 150 Å². The number of carbonyl (C=O) groups is 2. The lowest BCUT2D eigenvalue weighted by Gasteiger charge is -2.05. The van der Waals surface area contributed by atoms with Crippen LogP contribution in [-0.2, 0) is 16.0 Å². The van der Waals surface area contributed by atoms with Gasteiger partial charge in [0, 0.05) is 6.92 Å². The zero-order valence-electron chi connectivity index (χ0n) is 12.7. The summed E-state index contributed by atoms with van der Waals surface area (Å²) in [5, 5.41) is 23.4. The highest BCUT2D eigenvalue weighted by atomic mass is 32.2. The molecule has 4 N–H and O–H groups in total. The van der Waals surface area contributed by atoms with Gasteiger partial charge in [-0.25, -0.2) is 0 Å². The molecule has 10 nitrogen and oxygen atoms in total. The molecule has 2 amide bonds. The van der Waals surface area contributed by atoms with Crippen molar-refractivity contribution in [3.8, 4) is 5.88 Å². The molecular weight excluding hydrogens is 356 g/mol.